The summed E-state index contributed by atoms with van der Waals surface area (Å²) in [5.41, 5.74) is 1.61. The number of hydrogen-bond donors (Lipinski definition) is 0. The van der Waals surface area contributed by atoms with Crippen LogP contribution < -0.4 is 4.90 Å². The Morgan fingerprint density at radius 2 is 1.85 bits per heavy atom. The summed E-state index contributed by atoms with van der Waals surface area (Å²) in [6.45, 7) is 2.72. The molecule has 1 aliphatic rings. The molecule has 0 bridgehead atoms. The summed E-state index contributed by atoms with van der Waals surface area (Å²) in [5.74, 6) is 0.919. The number of anilines is 1. The standard InChI is InChI=1S/C20H23N5O/c1-23(2)19(17-6-4-3-5-7-17)20(26)25-12-10-24(11-13-25)18-14-16(15-21)8-9-22-18/h3-9,14,19H,10-13H2,1-2H3. The Balaban J connectivity index is 1.68. The molecule has 1 fully saturated rings. The van der Waals surface area contributed by atoms with Gasteiger partial charge in [-0.25, -0.2) is 4.98 Å². The fraction of sp³-hybridized carbons (Fsp3) is 0.350. The van der Waals surface area contributed by atoms with E-state index in [1.165, 1.54) is 0 Å². The van der Waals surface area contributed by atoms with Gasteiger partial charge in [0.1, 0.15) is 11.9 Å². The molecule has 1 aromatic heterocycles. The molecule has 2 aromatic rings. The van der Waals surface area contributed by atoms with Crippen molar-refractivity contribution in [2.75, 3.05) is 45.2 Å². The van der Waals surface area contributed by atoms with Crippen molar-refractivity contribution in [3.05, 3.63) is 59.8 Å². The van der Waals surface area contributed by atoms with Gasteiger partial charge in [-0.3, -0.25) is 9.69 Å². The average molecular weight is 349 g/mol. The number of rotatable bonds is 4. The quantitative estimate of drug-likeness (QED) is 0.844. The number of nitriles is 1. The van der Waals surface area contributed by atoms with E-state index in [1.807, 2.05) is 54.2 Å². The molecule has 2 heterocycles. The molecule has 1 saturated heterocycles. The van der Waals surface area contributed by atoms with E-state index in [2.05, 4.69) is 16.0 Å². The maximum Gasteiger partial charge on any atom is 0.244 e. The summed E-state index contributed by atoms with van der Waals surface area (Å²) < 4.78 is 0. The normalized spacial score (nSPS) is 15.6. The summed E-state index contributed by atoms with van der Waals surface area (Å²) in [6, 6.07) is 15.2. The number of benzene rings is 1. The summed E-state index contributed by atoms with van der Waals surface area (Å²) in [4.78, 5) is 23.4. The van der Waals surface area contributed by atoms with Crippen LogP contribution in [0.3, 0.4) is 0 Å². The molecule has 134 valence electrons. The number of amides is 1. The number of nitrogens with zero attached hydrogens (tertiary/aromatic N) is 5. The molecular weight excluding hydrogens is 326 g/mol. The number of hydrogen-bond acceptors (Lipinski definition) is 5. The molecule has 3 rings (SSSR count). The fourth-order valence-corrected chi connectivity index (χ4v) is 3.29. The smallest absolute Gasteiger partial charge is 0.244 e. The van der Waals surface area contributed by atoms with E-state index in [-0.39, 0.29) is 11.9 Å². The molecule has 0 radical (unpaired) electrons. The maximum atomic E-state index is 13.1. The molecule has 0 saturated carbocycles. The minimum absolute atomic E-state index is 0.125. The van der Waals surface area contributed by atoms with Crippen molar-refractivity contribution in [2.24, 2.45) is 0 Å². The van der Waals surface area contributed by atoms with Crippen molar-refractivity contribution in [1.82, 2.24) is 14.8 Å². The first-order valence-corrected chi connectivity index (χ1v) is 8.71. The van der Waals surface area contributed by atoms with Gasteiger partial charge >= 0.3 is 0 Å². The highest BCUT2D eigenvalue weighted by Gasteiger charge is 2.30. The lowest BCUT2D eigenvalue weighted by Crippen LogP contribution is -2.51. The molecule has 0 aliphatic carbocycles. The van der Waals surface area contributed by atoms with Gasteiger partial charge < -0.3 is 9.80 Å². The Kier molecular flexibility index (Phi) is 5.49. The molecule has 0 N–H and O–H groups in total. The number of aromatic nitrogens is 1. The van der Waals surface area contributed by atoms with E-state index in [0.717, 1.165) is 11.4 Å². The minimum atomic E-state index is -0.275. The molecule has 0 spiro atoms. The summed E-state index contributed by atoms with van der Waals surface area (Å²) in [6.07, 6.45) is 1.66. The number of pyridine rings is 1. The van der Waals surface area contributed by atoms with Gasteiger partial charge in [-0.2, -0.15) is 5.26 Å². The molecule has 1 unspecified atom stereocenters. The lowest BCUT2D eigenvalue weighted by molar-refractivity contribution is -0.136. The van der Waals surface area contributed by atoms with Crippen LogP contribution in [0, 0.1) is 11.3 Å². The van der Waals surface area contributed by atoms with Gasteiger partial charge in [0.2, 0.25) is 5.91 Å². The Hall–Kier alpha value is -2.91. The largest absolute Gasteiger partial charge is 0.353 e. The van der Waals surface area contributed by atoms with Crippen LogP contribution >= 0.6 is 0 Å². The number of carbonyl (C=O) groups is 1. The molecule has 1 aromatic carbocycles. The maximum absolute atomic E-state index is 13.1. The summed E-state index contributed by atoms with van der Waals surface area (Å²) in [7, 11) is 3.87. The van der Waals surface area contributed by atoms with Gasteiger partial charge in [-0.1, -0.05) is 30.3 Å². The lowest BCUT2D eigenvalue weighted by atomic mass is 10.0. The van der Waals surface area contributed by atoms with Gasteiger partial charge in [0.05, 0.1) is 11.6 Å². The van der Waals surface area contributed by atoms with Crippen LogP contribution in [0.1, 0.15) is 17.2 Å². The van der Waals surface area contributed by atoms with Crippen LogP contribution in [-0.4, -0.2) is 61.0 Å². The Labute approximate surface area is 154 Å². The van der Waals surface area contributed by atoms with Gasteiger partial charge in [-0.15, -0.1) is 0 Å². The third-order valence-electron chi connectivity index (χ3n) is 4.66. The first kappa shape index (κ1) is 17.9. The van der Waals surface area contributed by atoms with Crippen LogP contribution in [0.5, 0.6) is 0 Å². The molecule has 6 nitrogen and oxygen atoms in total. The first-order valence-electron chi connectivity index (χ1n) is 8.71. The van der Waals surface area contributed by atoms with Crippen LogP contribution in [-0.2, 0) is 4.79 Å². The molecular formula is C20H23N5O. The van der Waals surface area contributed by atoms with Crippen molar-refractivity contribution in [3.8, 4) is 6.07 Å². The molecule has 26 heavy (non-hydrogen) atoms. The van der Waals surface area contributed by atoms with Crippen molar-refractivity contribution in [3.63, 3.8) is 0 Å². The molecule has 1 aliphatic heterocycles. The van der Waals surface area contributed by atoms with E-state index in [0.29, 0.717) is 31.7 Å². The third-order valence-corrected chi connectivity index (χ3v) is 4.66. The zero-order valence-corrected chi connectivity index (χ0v) is 15.2. The number of piperazine rings is 1. The van der Waals surface area contributed by atoms with E-state index < -0.39 is 0 Å². The highest BCUT2D eigenvalue weighted by atomic mass is 16.2. The number of likely N-dealkylation sites (N-methyl/N-ethyl adjacent to an activating group) is 1. The van der Waals surface area contributed by atoms with Gasteiger partial charge in [0.15, 0.2) is 0 Å². The van der Waals surface area contributed by atoms with Crippen molar-refractivity contribution in [1.29, 1.82) is 5.26 Å². The fourth-order valence-electron chi connectivity index (χ4n) is 3.29. The zero-order valence-electron chi connectivity index (χ0n) is 15.2. The predicted octanol–water partition coefficient (Wildman–Crippen LogP) is 1.90. The van der Waals surface area contributed by atoms with Crippen LogP contribution in [0.4, 0.5) is 5.82 Å². The Bertz CT molecular complexity index is 791. The summed E-state index contributed by atoms with van der Waals surface area (Å²) in [5, 5.41) is 9.04. The second kappa shape index (κ2) is 7.98. The molecule has 1 amide bonds. The lowest BCUT2D eigenvalue weighted by Gasteiger charge is -2.38. The van der Waals surface area contributed by atoms with Gasteiger partial charge in [0.25, 0.3) is 0 Å². The van der Waals surface area contributed by atoms with Gasteiger partial charge in [0, 0.05) is 32.4 Å². The minimum Gasteiger partial charge on any atom is -0.353 e. The SMILES string of the molecule is CN(C)C(C(=O)N1CCN(c2cc(C#N)ccn2)CC1)c1ccccc1. The molecule has 6 heteroatoms. The summed E-state index contributed by atoms with van der Waals surface area (Å²) >= 11 is 0. The Morgan fingerprint density at radius 1 is 1.15 bits per heavy atom. The van der Waals surface area contributed by atoms with E-state index in [4.69, 9.17) is 5.26 Å². The Morgan fingerprint density at radius 3 is 2.46 bits per heavy atom. The topological polar surface area (TPSA) is 63.5 Å². The van der Waals surface area contributed by atoms with Gasteiger partial charge in [-0.05, 0) is 31.8 Å². The predicted molar refractivity (Wildman–Crippen MR) is 101 cm³/mol. The monoisotopic (exact) mass is 349 g/mol. The highest BCUT2D eigenvalue weighted by Crippen LogP contribution is 2.22. The average Bonchev–Trinajstić information content (AvgIpc) is 2.69. The first-order chi connectivity index (χ1) is 12.6. The van der Waals surface area contributed by atoms with E-state index in [9.17, 15) is 4.79 Å². The van der Waals surface area contributed by atoms with Crippen LogP contribution in [0.25, 0.3) is 0 Å². The van der Waals surface area contributed by atoms with E-state index in [1.54, 1.807) is 18.3 Å². The zero-order chi connectivity index (χ0) is 18.5. The van der Waals surface area contributed by atoms with Crippen molar-refractivity contribution >= 4 is 11.7 Å². The van der Waals surface area contributed by atoms with Crippen LogP contribution in [0.2, 0.25) is 0 Å². The second-order valence-electron chi connectivity index (χ2n) is 6.60. The molecule has 1 atom stereocenters. The third kappa shape index (κ3) is 3.84. The van der Waals surface area contributed by atoms with Crippen LogP contribution in [0.15, 0.2) is 48.7 Å². The number of carbonyl (C=O) groups excluding carboxylic acids is 1. The second-order valence-corrected chi connectivity index (χ2v) is 6.60. The van der Waals surface area contributed by atoms with Crippen molar-refractivity contribution in [2.45, 2.75) is 6.04 Å². The van der Waals surface area contributed by atoms with E-state index >= 15 is 0 Å². The highest BCUT2D eigenvalue weighted by molar-refractivity contribution is 5.83. The van der Waals surface area contributed by atoms with Crippen molar-refractivity contribution < 1.29 is 4.79 Å².